The van der Waals surface area contributed by atoms with E-state index < -0.39 is 0 Å². The molecule has 2 aromatic rings. The predicted octanol–water partition coefficient (Wildman–Crippen LogP) is 1.92. The molecule has 0 unspecified atom stereocenters. The second-order valence-electron chi connectivity index (χ2n) is 5.85. The molecule has 6 nitrogen and oxygen atoms in total. The van der Waals surface area contributed by atoms with E-state index in [1.54, 1.807) is 29.3 Å². The van der Waals surface area contributed by atoms with E-state index in [1.807, 2.05) is 25.1 Å². The molecule has 1 aromatic carbocycles. The van der Waals surface area contributed by atoms with Crippen molar-refractivity contribution in [3.63, 3.8) is 0 Å². The Kier molecular flexibility index (Phi) is 4.74. The number of anilines is 2. The predicted molar refractivity (Wildman–Crippen MR) is 93.2 cm³/mol. The lowest BCUT2D eigenvalue weighted by Gasteiger charge is -2.33. The second kappa shape index (κ2) is 7.12. The smallest absolute Gasteiger partial charge is 0.256 e. The molecule has 2 heterocycles. The van der Waals surface area contributed by atoms with Gasteiger partial charge in [0, 0.05) is 31.7 Å². The molecule has 6 heteroatoms. The topological polar surface area (TPSA) is 65.5 Å². The van der Waals surface area contributed by atoms with Crippen molar-refractivity contribution in [2.45, 2.75) is 6.92 Å². The van der Waals surface area contributed by atoms with Crippen molar-refractivity contribution < 1.29 is 9.59 Å². The van der Waals surface area contributed by atoms with E-state index in [2.05, 4.69) is 15.2 Å². The quantitative estimate of drug-likeness (QED) is 0.873. The van der Waals surface area contributed by atoms with E-state index >= 15 is 0 Å². The molecular formula is C18H20N4O2. The number of piperazine rings is 1. The van der Waals surface area contributed by atoms with Gasteiger partial charge in [0.1, 0.15) is 5.82 Å². The minimum atomic E-state index is -0.171. The summed E-state index contributed by atoms with van der Waals surface area (Å²) in [5.74, 6) is 0.352. The summed E-state index contributed by atoms with van der Waals surface area (Å²) in [7, 11) is 0. The van der Waals surface area contributed by atoms with E-state index in [4.69, 9.17) is 0 Å². The number of carbonyl (C=O) groups excluding carboxylic acids is 2. The standard InChI is InChI=1S/C18H20N4O2/c1-14-2-4-15(5-3-14)18(24)20-17-7-6-16(12-19-17)22-10-8-21(13-23)9-11-22/h2-7,12-13H,8-11H2,1H3,(H,19,20,24). The van der Waals surface area contributed by atoms with Crippen LogP contribution in [0.4, 0.5) is 11.5 Å². The second-order valence-corrected chi connectivity index (χ2v) is 5.85. The molecule has 124 valence electrons. The number of hydrogen-bond acceptors (Lipinski definition) is 4. The van der Waals surface area contributed by atoms with Crippen LogP contribution in [-0.4, -0.2) is 48.4 Å². The molecule has 0 aliphatic carbocycles. The number of aromatic nitrogens is 1. The Morgan fingerprint density at radius 1 is 1.08 bits per heavy atom. The number of amides is 2. The van der Waals surface area contributed by atoms with E-state index in [0.29, 0.717) is 11.4 Å². The third-order valence-corrected chi connectivity index (χ3v) is 4.13. The summed E-state index contributed by atoms with van der Waals surface area (Å²) in [6.07, 6.45) is 2.64. The van der Waals surface area contributed by atoms with Gasteiger partial charge in [0.15, 0.2) is 0 Å². The van der Waals surface area contributed by atoms with Crippen LogP contribution in [-0.2, 0) is 4.79 Å². The summed E-state index contributed by atoms with van der Waals surface area (Å²) in [6, 6.07) is 11.1. The average molecular weight is 324 g/mol. The van der Waals surface area contributed by atoms with Crippen LogP contribution in [0, 0.1) is 6.92 Å². The van der Waals surface area contributed by atoms with Crippen LogP contribution < -0.4 is 10.2 Å². The van der Waals surface area contributed by atoms with Crippen molar-refractivity contribution >= 4 is 23.8 Å². The highest BCUT2D eigenvalue weighted by molar-refractivity contribution is 6.03. The van der Waals surface area contributed by atoms with Crippen LogP contribution >= 0.6 is 0 Å². The molecule has 1 aliphatic rings. The monoisotopic (exact) mass is 324 g/mol. The van der Waals surface area contributed by atoms with Crippen LogP contribution in [0.25, 0.3) is 0 Å². The van der Waals surface area contributed by atoms with E-state index in [9.17, 15) is 9.59 Å². The van der Waals surface area contributed by atoms with Crippen LogP contribution in [0.15, 0.2) is 42.6 Å². The van der Waals surface area contributed by atoms with Gasteiger partial charge in [-0.3, -0.25) is 9.59 Å². The lowest BCUT2D eigenvalue weighted by molar-refractivity contribution is -0.118. The van der Waals surface area contributed by atoms with Crippen LogP contribution in [0.3, 0.4) is 0 Å². The first-order valence-electron chi connectivity index (χ1n) is 7.94. The zero-order chi connectivity index (χ0) is 16.9. The van der Waals surface area contributed by atoms with Crippen LogP contribution in [0.2, 0.25) is 0 Å². The molecule has 2 amide bonds. The minimum absolute atomic E-state index is 0.171. The van der Waals surface area contributed by atoms with Crippen molar-refractivity contribution in [1.29, 1.82) is 0 Å². The summed E-state index contributed by atoms with van der Waals surface area (Å²) in [4.78, 5) is 31.2. The lowest BCUT2D eigenvalue weighted by Crippen LogP contribution is -2.45. The molecule has 0 atom stereocenters. The Morgan fingerprint density at radius 2 is 1.79 bits per heavy atom. The van der Waals surface area contributed by atoms with Crippen molar-refractivity contribution in [3.8, 4) is 0 Å². The molecular weight excluding hydrogens is 304 g/mol. The van der Waals surface area contributed by atoms with Gasteiger partial charge in [-0.1, -0.05) is 17.7 Å². The largest absolute Gasteiger partial charge is 0.367 e. The molecule has 0 bridgehead atoms. The number of aryl methyl sites for hydroxylation is 1. The summed E-state index contributed by atoms with van der Waals surface area (Å²) in [6.45, 7) is 4.99. The highest BCUT2D eigenvalue weighted by Crippen LogP contribution is 2.17. The Balaban J connectivity index is 1.61. The van der Waals surface area contributed by atoms with Gasteiger partial charge in [-0.05, 0) is 31.2 Å². The normalized spacial score (nSPS) is 14.4. The average Bonchev–Trinajstić information content (AvgIpc) is 2.63. The number of nitrogens with one attached hydrogen (secondary N) is 1. The maximum atomic E-state index is 12.2. The van der Waals surface area contributed by atoms with Crippen molar-refractivity contribution in [2.24, 2.45) is 0 Å². The molecule has 0 radical (unpaired) electrons. The van der Waals surface area contributed by atoms with Gasteiger partial charge in [0.25, 0.3) is 5.91 Å². The van der Waals surface area contributed by atoms with Gasteiger partial charge in [0.05, 0.1) is 11.9 Å². The molecule has 1 fully saturated rings. The minimum Gasteiger partial charge on any atom is -0.367 e. The zero-order valence-corrected chi connectivity index (χ0v) is 13.6. The van der Waals surface area contributed by atoms with Crippen LogP contribution in [0.5, 0.6) is 0 Å². The van der Waals surface area contributed by atoms with Crippen molar-refractivity contribution in [3.05, 3.63) is 53.7 Å². The van der Waals surface area contributed by atoms with E-state index in [1.165, 1.54) is 0 Å². The molecule has 1 saturated heterocycles. The van der Waals surface area contributed by atoms with Gasteiger partial charge in [-0.2, -0.15) is 0 Å². The van der Waals surface area contributed by atoms with Gasteiger partial charge < -0.3 is 15.1 Å². The Bertz CT molecular complexity index is 705. The SMILES string of the molecule is Cc1ccc(C(=O)Nc2ccc(N3CCN(C=O)CC3)cn2)cc1. The maximum absolute atomic E-state index is 12.2. The van der Waals surface area contributed by atoms with Crippen LogP contribution in [0.1, 0.15) is 15.9 Å². The Labute approximate surface area is 141 Å². The summed E-state index contributed by atoms with van der Waals surface area (Å²) < 4.78 is 0. The van der Waals surface area contributed by atoms with Crippen molar-refractivity contribution in [1.82, 2.24) is 9.88 Å². The number of pyridine rings is 1. The molecule has 0 saturated carbocycles. The number of carbonyl (C=O) groups is 2. The fourth-order valence-electron chi connectivity index (χ4n) is 2.63. The maximum Gasteiger partial charge on any atom is 0.256 e. The molecule has 1 aliphatic heterocycles. The highest BCUT2D eigenvalue weighted by atomic mass is 16.1. The Hall–Kier alpha value is -2.89. The van der Waals surface area contributed by atoms with Gasteiger partial charge in [-0.15, -0.1) is 0 Å². The third-order valence-electron chi connectivity index (χ3n) is 4.13. The summed E-state index contributed by atoms with van der Waals surface area (Å²) in [5.41, 5.74) is 2.72. The fourth-order valence-corrected chi connectivity index (χ4v) is 2.63. The fraction of sp³-hybridized carbons (Fsp3) is 0.278. The summed E-state index contributed by atoms with van der Waals surface area (Å²) >= 11 is 0. The van der Waals surface area contributed by atoms with E-state index in [0.717, 1.165) is 43.8 Å². The molecule has 1 N–H and O–H groups in total. The van der Waals surface area contributed by atoms with Crippen molar-refractivity contribution in [2.75, 3.05) is 36.4 Å². The molecule has 1 aromatic heterocycles. The molecule has 24 heavy (non-hydrogen) atoms. The first-order chi connectivity index (χ1) is 11.7. The number of benzene rings is 1. The van der Waals surface area contributed by atoms with Gasteiger partial charge >= 0.3 is 0 Å². The number of rotatable bonds is 4. The van der Waals surface area contributed by atoms with Gasteiger partial charge in [-0.25, -0.2) is 4.98 Å². The first kappa shape index (κ1) is 16.0. The molecule has 3 rings (SSSR count). The van der Waals surface area contributed by atoms with E-state index in [-0.39, 0.29) is 5.91 Å². The van der Waals surface area contributed by atoms with Gasteiger partial charge in [0.2, 0.25) is 6.41 Å². The number of nitrogens with zero attached hydrogens (tertiary/aromatic N) is 3. The number of hydrogen-bond donors (Lipinski definition) is 1. The zero-order valence-electron chi connectivity index (χ0n) is 13.6. The lowest BCUT2D eigenvalue weighted by atomic mass is 10.1. The highest BCUT2D eigenvalue weighted by Gasteiger charge is 2.16. The summed E-state index contributed by atoms with van der Waals surface area (Å²) in [5, 5.41) is 2.80. The Morgan fingerprint density at radius 3 is 2.38 bits per heavy atom. The third kappa shape index (κ3) is 3.71. The first-order valence-corrected chi connectivity index (χ1v) is 7.94. The molecule has 0 spiro atoms.